The van der Waals surface area contributed by atoms with Gasteiger partial charge >= 0.3 is 0 Å². The zero-order valence-corrected chi connectivity index (χ0v) is 31.7. The van der Waals surface area contributed by atoms with Gasteiger partial charge in [-0.3, -0.25) is 5.01 Å². The Kier molecular flexibility index (Phi) is 9.93. The van der Waals surface area contributed by atoms with Crippen LogP contribution in [0, 0.1) is 46.3 Å². The summed E-state index contributed by atoms with van der Waals surface area (Å²) in [7, 11) is 0. The van der Waals surface area contributed by atoms with Gasteiger partial charge in [0.2, 0.25) is 0 Å². The lowest BCUT2D eigenvalue weighted by molar-refractivity contribution is -0.272. The number of fused-ring (bicyclic) bond motifs is 7. The zero-order valence-electron chi connectivity index (χ0n) is 30.9. The standard InChI is InChI=1S/C39H63N3O7S/c1-22-9-14-39(47-20-22)23(2)32-31(49-39)18-30-28-8-7-25-17-27(10-12-37(25,4)29(28)11-13-38(30,32)5)46-16-6-15-42-19-26(40-41-42)21-50-36-35(45)34(44)33(43)24(3)48-36/h7,19,22-24,27-36,40-41,43-45H,6,8-18,20-21H2,1-5H3/t22?,23-,24-,27-,28+,29-,30-,31-,32-,33-,34+,35+,36-,37-,38-,39+/m0/s1. The quantitative estimate of drug-likeness (QED) is 0.175. The summed E-state index contributed by atoms with van der Waals surface area (Å²) < 4.78 is 25.8. The van der Waals surface area contributed by atoms with E-state index in [1.807, 2.05) is 11.2 Å². The van der Waals surface area contributed by atoms with E-state index in [0.29, 0.717) is 46.5 Å². The van der Waals surface area contributed by atoms with Crippen LogP contribution >= 0.6 is 11.8 Å². The van der Waals surface area contributed by atoms with Crippen LogP contribution in [-0.2, 0) is 18.9 Å². The largest absolute Gasteiger partial charge is 0.388 e. The van der Waals surface area contributed by atoms with Gasteiger partial charge in [0, 0.05) is 37.4 Å². The third-order valence-electron chi connectivity index (χ3n) is 15.1. The van der Waals surface area contributed by atoms with Crippen LogP contribution in [0.4, 0.5) is 0 Å². The van der Waals surface area contributed by atoms with E-state index in [1.54, 1.807) is 12.5 Å². The maximum absolute atomic E-state index is 10.3. The number of aliphatic hydroxyl groups is 3. The lowest BCUT2D eigenvalue weighted by Gasteiger charge is -2.58. The van der Waals surface area contributed by atoms with Crippen LogP contribution in [0.15, 0.2) is 23.5 Å². The summed E-state index contributed by atoms with van der Waals surface area (Å²) >= 11 is 1.41. The summed E-state index contributed by atoms with van der Waals surface area (Å²) in [6.45, 7) is 14.1. The zero-order chi connectivity index (χ0) is 35.0. The van der Waals surface area contributed by atoms with E-state index in [9.17, 15) is 15.3 Å². The first-order valence-electron chi connectivity index (χ1n) is 19.8. The van der Waals surface area contributed by atoms with Crippen LogP contribution in [0.1, 0.15) is 98.8 Å². The molecule has 16 atom stereocenters. The smallest absolute Gasteiger partial charge is 0.171 e. The Morgan fingerprint density at radius 3 is 2.66 bits per heavy atom. The molecule has 0 aromatic carbocycles. The molecule has 0 aromatic heterocycles. The van der Waals surface area contributed by atoms with E-state index in [4.69, 9.17) is 18.9 Å². The molecule has 3 saturated carbocycles. The van der Waals surface area contributed by atoms with Gasteiger partial charge in [-0.2, -0.15) is 0 Å². The van der Waals surface area contributed by atoms with Gasteiger partial charge < -0.3 is 39.7 Å². The molecule has 5 N–H and O–H groups in total. The van der Waals surface area contributed by atoms with E-state index in [0.717, 1.165) is 68.9 Å². The van der Waals surface area contributed by atoms with Crippen molar-refractivity contribution in [2.75, 3.05) is 25.5 Å². The highest BCUT2D eigenvalue weighted by atomic mass is 32.2. The molecule has 6 fully saturated rings. The molecular formula is C39H63N3O7S. The molecule has 8 aliphatic rings. The Labute approximate surface area is 303 Å². The molecule has 4 heterocycles. The molecule has 10 nitrogen and oxygen atoms in total. The topological polar surface area (TPSA) is 125 Å². The summed E-state index contributed by atoms with van der Waals surface area (Å²) in [6.07, 6.45) is 13.2. The minimum absolute atomic E-state index is 0.303. The Morgan fingerprint density at radius 1 is 1.02 bits per heavy atom. The van der Waals surface area contributed by atoms with E-state index < -0.39 is 29.9 Å². The summed E-state index contributed by atoms with van der Waals surface area (Å²) in [5, 5.41) is 32.4. The first-order valence-corrected chi connectivity index (χ1v) is 20.9. The average molecular weight is 718 g/mol. The van der Waals surface area contributed by atoms with Crippen molar-refractivity contribution in [2.45, 2.75) is 147 Å². The summed E-state index contributed by atoms with van der Waals surface area (Å²) in [5.41, 5.74) is 9.09. The van der Waals surface area contributed by atoms with Crippen LogP contribution < -0.4 is 11.0 Å². The number of nitrogens with one attached hydrogen (secondary N) is 2. The van der Waals surface area contributed by atoms with Crippen molar-refractivity contribution in [1.29, 1.82) is 0 Å². The van der Waals surface area contributed by atoms with Crippen LogP contribution in [-0.4, -0.2) is 93.7 Å². The second-order valence-electron chi connectivity index (χ2n) is 17.9. The molecule has 0 aromatic rings. The second kappa shape index (κ2) is 13.8. The monoisotopic (exact) mass is 717 g/mol. The molecule has 0 amide bonds. The Morgan fingerprint density at radius 2 is 1.86 bits per heavy atom. The minimum Gasteiger partial charge on any atom is -0.388 e. The molecule has 4 aliphatic carbocycles. The van der Waals surface area contributed by atoms with Crippen LogP contribution in [0.3, 0.4) is 0 Å². The minimum atomic E-state index is -1.20. The number of nitrogens with zero attached hydrogens (tertiary/aromatic N) is 1. The molecule has 4 aliphatic heterocycles. The number of allylic oxidation sites excluding steroid dienone is 1. The van der Waals surface area contributed by atoms with Crippen molar-refractivity contribution in [2.24, 2.45) is 46.3 Å². The maximum Gasteiger partial charge on any atom is 0.171 e. The van der Waals surface area contributed by atoms with Gasteiger partial charge in [0.1, 0.15) is 23.7 Å². The number of ether oxygens (including phenoxy) is 4. The van der Waals surface area contributed by atoms with Crippen molar-refractivity contribution in [3.8, 4) is 0 Å². The highest BCUT2D eigenvalue weighted by Crippen LogP contribution is 2.70. The fourth-order valence-electron chi connectivity index (χ4n) is 12.2. The fourth-order valence-corrected chi connectivity index (χ4v) is 13.3. The second-order valence-corrected chi connectivity index (χ2v) is 19.0. The molecule has 11 heteroatoms. The number of hydrogen-bond acceptors (Lipinski definition) is 11. The molecule has 1 spiro atoms. The van der Waals surface area contributed by atoms with Gasteiger partial charge in [-0.1, -0.05) is 39.3 Å². The molecule has 8 rings (SSSR count). The van der Waals surface area contributed by atoms with Crippen molar-refractivity contribution < 1.29 is 34.3 Å². The number of hydrazine groups is 2. The number of aliphatic hydroxyl groups excluding tert-OH is 3. The van der Waals surface area contributed by atoms with Crippen molar-refractivity contribution in [3.05, 3.63) is 23.5 Å². The van der Waals surface area contributed by atoms with Gasteiger partial charge in [-0.25, -0.2) is 0 Å². The van der Waals surface area contributed by atoms with Crippen molar-refractivity contribution in [1.82, 2.24) is 16.0 Å². The predicted octanol–water partition coefficient (Wildman–Crippen LogP) is 4.86. The number of rotatable bonds is 8. The molecule has 3 saturated heterocycles. The lowest BCUT2D eigenvalue weighted by atomic mass is 9.47. The predicted molar refractivity (Wildman–Crippen MR) is 192 cm³/mol. The van der Waals surface area contributed by atoms with E-state index in [1.165, 1.54) is 50.3 Å². The molecule has 0 radical (unpaired) electrons. The molecular weight excluding hydrogens is 655 g/mol. The van der Waals surface area contributed by atoms with E-state index in [-0.39, 0.29) is 5.79 Å². The first-order chi connectivity index (χ1) is 23.9. The molecule has 282 valence electrons. The Balaban J connectivity index is 0.805. The average Bonchev–Trinajstić information content (AvgIpc) is 3.76. The fraction of sp³-hybridized carbons (Fsp3) is 0.897. The van der Waals surface area contributed by atoms with Gasteiger partial charge in [0.25, 0.3) is 0 Å². The molecule has 1 unspecified atom stereocenters. The van der Waals surface area contributed by atoms with Gasteiger partial charge in [0.05, 0.1) is 30.6 Å². The first kappa shape index (κ1) is 36.1. The number of hydrogen-bond donors (Lipinski definition) is 5. The van der Waals surface area contributed by atoms with Crippen molar-refractivity contribution in [3.63, 3.8) is 0 Å². The van der Waals surface area contributed by atoms with Crippen LogP contribution in [0.5, 0.6) is 0 Å². The maximum atomic E-state index is 10.3. The highest BCUT2D eigenvalue weighted by molar-refractivity contribution is 8.00. The molecule has 50 heavy (non-hydrogen) atoms. The third kappa shape index (κ3) is 6.10. The normalized spacial score (nSPS) is 51.4. The summed E-state index contributed by atoms with van der Waals surface area (Å²) in [5.74, 6) is 4.29. The van der Waals surface area contributed by atoms with Crippen LogP contribution in [0.2, 0.25) is 0 Å². The summed E-state index contributed by atoms with van der Waals surface area (Å²) in [6, 6.07) is 0. The van der Waals surface area contributed by atoms with Gasteiger partial charge in [-0.05, 0) is 105 Å². The third-order valence-corrected chi connectivity index (χ3v) is 16.3. The van der Waals surface area contributed by atoms with Crippen LogP contribution in [0.25, 0.3) is 0 Å². The van der Waals surface area contributed by atoms with E-state index in [2.05, 4.69) is 44.7 Å². The lowest BCUT2D eigenvalue weighted by Crippen LogP contribution is -2.55. The van der Waals surface area contributed by atoms with E-state index >= 15 is 0 Å². The van der Waals surface area contributed by atoms with Gasteiger partial charge in [-0.15, -0.1) is 17.3 Å². The Bertz CT molecular complexity index is 1310. The number of thioether (sulfide) groups is 1. The van der Waals surface area contributed by atoms with Gasteiger partial charge in [0.15, 0.2) is 5.79 Å². The highest BCUT2D eigenvalue weighted by Gasteiger charge is 2.68. The SMILES string of the molecule is CC1CC[C@@]2(OC1)O[C@H]1C[C@H]3[C@@H]4CC=C5C[C@@H](OCCCN6C=C(CS[C@@H]7O[C@@H](C)[C@H](O)[C@@H](O)[C@H]7O)NN6)CC[C@]5(C)[C@H]4CC[C@]3(C)[C@H]1[C@@H]2C. The molecule has 0 bridgehead atoms. The van der Waals surface area contributed by atoms with Crippen molar-refractivity contribution >= 4 is 11.8 Å². The summed E-state index contributed by atoms with van der Waals surface area (Å²) in [4.78, 5) is 0. The Hall–Kier alpha value is -0.890.